The fourth-order valence-electron chi connectivity index (χ4n) is 7.56. The molecule has 1 spiro atoms. The summed E-state index contributed by atoms with van der Waals surface area (Å²) in [6.07, 6.45) is 0.466. The molecule has 2 saturated heterocycles. The Kier molecular flexibility index (Phi) is 8.61. The van der Waals surface area contributed by atoms with Crippen molar-refractivity contribution in [3.8, 4) is 0 Å². The van der Waals surface area contributed by atoms with Gasteiger partial charge in [-0.05, 0) is 56.1 Å². The molecule has 0 amide bonds. The number of hydrogen-bond acceptors (Lipinski definition) is 8. The second-order valence-electron chi connectivity index (χ2n) is 13.4. The van der Waals surface area contributed by atoms with Gasteiger partial charge in [-0.15, -0.1) is 0 Å². The molecule has 3 aliphatic carbocycles. The van der Waals surface area contributed by atoms with Gasteiger partial charge in [0.15, 0.2) is 5.79 Å². The van der Waals surface area contributed by atoms with E-state index in [1.807, 2.05) is 32.0 Å². The van der Waals surface area contributed by atoms with Crippen LogP contribution in [0.15, 0.2) is 30.3 Å². The highest BCUT2D eigenvalue weighted by molar-refractivity contribution is 6.76. The Labute approximate surface area is 233 Å². The van der Waals surface area contributed by atoms with Crippen molar-refractivity contribution in [3.05, 3.63) is 35.9 Å². The summed E-state index contributed by atoms with van der Waals surface area (Å²) in [6, 6.07) is 11.2. The second-order valence-corrected chi connectivity index (χ2v) is 19.0. The van der Waals surface area contributed by atoms with Crippen LogP contribution in [-0.4, -0.2) is 76.0 Å². The molecule has 0 unspecified atom stereocenters. The van der Waals surface area contributed by atoms with Gasteiger partial charge in [-0.2, -0.15) is 0 Å². The van der Waals surface area contributed by atoms with Crippen LogP contribution in [0.5, 0.6) is 0 Å². The number of benzene rings is 1. The van der Waals surface area contributed by atoms with Crippen LogP contribution < -0.4 is 0 Å². The minimum atomic E-state index is -1.16. The Hall–Kier alpha value is -1.33. The van der Waals surface area contributed by atoms with Crippen LogP contribution >= 0.6 is 0 Å². The highest BCUT2D eigenvalue weighted by atomic mass is 28.3. The van der Waals surface area contributed by atoms with Crippen molar-refractivity contribution < 1.29 is 38.3 Å². The van der Waals surface area contributed by atoms with Crippen molar-refractivity contribution in [1.82, 2.24) is 0 Å². The van der Waals surface area contributed by atoms with Gasteiger partial charge in [-0.25, -0.2) is 0 Å². The molecule has 0 aromatic heterocycles. The maximum Gasteiger partial charge on any atom is 0.312 e. The SMILES string of the molecule is CC1(C)O[C@@H]2[C@H]3C[C@H]4OC(=O)[C@H](CCO)[C@]2(O1)[C@H]4[C@@H](COCc1ccccc1)[C@@H]3COCOCC[Si](C)(C)C. The van der Waals surface area contributed by atoms with Crippen molar-refractivity contribution in [2.45, 2.75) is 82.6 Å². The third kappa shape index (κ3) is 5.87. The summed E-state index contributed by atoms with van der Waals surface area (Å²) in [7, 11) is -1.16. The maximum absolute atomic E-state index is 13.2. The van der Waals surface area contributed by atoms with Gasteiger partial charge in [-0.1, -0.05) is 50.0 Å². The molecule has 1 aromatic carbocycles. The lowest BCUT2D eigenvalue weighted by atomic mass is 9.46. The van der Waals surface area contributed by atoms with E-state index < -0.39 is 25.4 Å². The average molecular weight is 563 g/mol. The number of carbonyl (C=O) groups excluding carboxylic acids is 1. The van der Waals surface area contributed by atoms with Crippen molar-refractivity contribution in [1.29, 1.82) is 0 Å². The number of aliphatic hydroxyl groups excluding tert-OH is 1. The maximum atomic E-state index is 13.2. The van der Waals surface area contributed by atoms with Crippen LogP contribution in [0.1, 0.15) is 32.3 Å². The molecule has 218 valence electrons. The smallest absolute Gasteiger partial charge is 0.312 e. The normalized spacial score (nSPS) is 36.6. The molecule has 5 aliphatic rings. The highest BCUT2D eigenvalue weighted by Gasteiger charge is 2.77. The van der Waals surface area contributed by atoms with Crippen molar-refractivity contribution in [2.24, 2.45) is 29.6 Å². The van der Waals surface area contributed by atoms with Crippen LogP contribution in [-0.2, 0) is 39.8 Å². The summed E-state index contributed by atoms with van der Waals surface area (Å²) in [5.41, 5.74) is 0.268. The van der Waals surface area contributed by atoms with E-state index in [4.69, 9.17) is 28.4 Å². The molecular formula is C30H46O8Si. The summed E-state index contributed by atoms with van der Waals surface area (Å²) < 4.78 is 37.7. The Morgan fingerprint density at radius 2 is 1.79 bits per heavy atom. The minimum absolute atomic E-state index is 0.0440. The number of hydrogen-bond donors (Lipinski definition) is 1. The van der Waals surface area contributed by atoms with Crippen LogP contribution in [0.4, 0.5) is 0 Å². The molecule has 9 heteroatoms. The van der Waals surface area contributed by atoms with Crippen LogP contribution in [0.3, 0.4) is 0 Å². The highest BCUT2D eigenvalue weighted by Crippen LogP contribution is 2.66. The zero-order chi connectivity index (χ0) is 27.8. The average Bonchev–Trinajstić information content (AvgIpc) is 3.16. The lowest BCUT2D eigenvalue weighted by molar-refractivity contribution is -0.289. The van der Waals surface area contributed by atoms with Gasteiger partial charge in [0.2, 0.25) is 0 Å². The van der Waals surface area contributed by atoms with Gasteiger partial charge in [0.25, 0.3) is 0 Å². The predicted molar refractivity (Wildman–Crippen MR) is 147 cm³/mol. The van der Waals surface area contributed by atoms with Gasteiger partial charge < -0.3 is 33.5 Å². The molecule has 1 N–H and O–H groups in total. The molecule has 5 fully saturated rings. The van der Waals surface area contributed by atoms with E-state index in [2.05, 4.69) is 31.8 Å². The first-order valence-corrected chi connectivity index (χ1v) is 18.2. The summed E-state index contributed by atoms with van der Waals surface area (Å²) in [5, 5.41) is 9.91. The Morgan fingerprint density at radius 1 is 1.05 bits per heavy atom. The monoisotopic (exact) mass is 562 g/mol. The van der Waals surface area contributed by atoms with Crippen LogP contribution in [0, 0.1) is 29.6 Å². The molecule has 8 atom stereocenters. The van der Waals surface area contributed by atoms with Crippen molar-refractivity contribution >= 4 is 14.0 Å². The van der Waals surface area contributed by atoms with E-state index in [9.17, 15) is 9.90 Å². The van der Waals surface area contributed by atoms with Crippen LogP contribution in [0.25, 0.3) is 0 Å². The first-order chi connectivity index (χ1) is 18.6. The predicted octanol–water partition coefficient (Wildman–Crippen LogP) is 4.23. The molecular weight excluding hydrogens is 516 g/mol. The molecule has 8 nitrogen and oxygen atoms in total. The zero-order valence-corrected chi connectivity index (χ0v) is 25.1. The zero-order valence-electron chi connectivity index (χ0n) is 24.1. The third-order valence-electron chi connectivity index (χ3n) is 9.06. The van der Waals surface area contributed by atoms with E-state index in [0.29, 0.717) is 32.8 Å². The fourth-order valence-corrected chi connectivity index (χ4v) is 8.32. The Balaban J connectivity index is 1.37. The molecule has 2 aliphatic heterocycles. The molecule has 2 heterocycles. The van der Waals surface area contributed by atoms with E-state index >= 15 is 0 Å². The molecule has 4 bridgehead atoms. The van der Waals surface area contributed by atoms with E-state index in [1.165, 1.54) is 0 Å². The van der Waals surface area contributed by atoms with E-state index in [0.717, 1.165) is 11.6 Å². The first-order valence-electron chi connectivity index (χ1n) is 14.5. The molecule has 0 radical (unpaired) electrons. The van der Waals surface area contributed by atoms with Crippen LogP contribution in [0.2, 0.25) is 25.7 Å². The van der Waals surface area contributed by atoms with Gasteiger partial charge in [0.1, 0.15) is 18.5 Å². The van der Waals surface area contributed by atoms with Gasteiger partial charge in [-0.3, -0.25) is 4.79 Å². The van der Waals surface area contributed by atoms with Crippen molar-refractivity contribution in [3.63, 3.8) is 0 Å². The number of carbonyl (C=O) groups is 1. The second kappa shape index (κ2) is 11.5. The quantitative estimate of drug-likeness (QED) is 0.165. The summed E-state index contributed by atoms with van der Waals surface area (Å²) >= 11 is 0. The number of aliphatic hydroxyl groups is 1. The molecule has 39 heavy (non-hydrogen) atoms. The number of ether oxygens (including phenoxy) is 6. The molecule has 3 saturated carbocycles. The lowest BCUT2D eigenvalue weighted by Gasteiger charge is -2.64. The van der Waals surface area contributed by atoms with Crippen molar-refractivity contribution in [2.75, 3.05) is 33.2 Å². The standard InChI is InChI=1S/C30H46O8Si/c1-29(2)37-27-21-15-25-26(30(27,38-29)24(11-12-31)28(32)36-25)23(18-34-16-20-9-7-6-8-10-20)22(21)17-35-19-33-13-14-39(3,4)5/h6-10,21-27,31H,11-19H2,1-5H3/t21-,22+,23-,24-,25+,26-,27+,30-/m0/s1. The Bertz CT molecular complexity index is 981. The number of fused-ring (bicyclic) bond motifs is 1. The third-order valence-corrected chi connectivity index (χ3v) is 10.8. The first kappa shape index (κ1) is 29.2. The topological polar surface area (TPSA) is 92.7 Å². The lowest BCUT2D eigenvalue weighted by Crippen LogP contribution is -2.76. The van der Waals surface area contributed by atoms with E-state index in [1.54, 1.807) is 0 Å². The minimum Gasteiger partial charge on any atom is -0.462 e. The van der Waals surface area contributed by atoms with Gasteiger partial charge >= 0.3 is 5.97 Å². The van der Waals surface area contributed by atoms with Gasteiger partial charge in [0.05, 0.1) is 31.8 Å². The summed E-state index contributed by atoms with van der Waals surface area (Å²) in [4.78, 5) is 13.2. The largest absolute Gasteiger partial charge is 0.462 e. The molecule has 1 aromatic rings. The summed E-state index contributed by atoms with van der Waals surface area (Å²) in [6.45, 7) is 13.2. The molecule has 6 rings (SSSR count). The fraction of sp³-hybridized carbons (Fsp3) is 0.767. The Morgan fingerprint density at radius 3 is 2.51 bits per heavy atom. The summed E-state index contributed by atoms with van der Waals surface area (Å²) in [5.74, 6) is -1.56. The number of esters is 1. The number of rotatable bonds is 13. The van der Waals surface area contributed by atoms with E-state index in [-0.39, 0.29) is 61.7 Å². The van der Waals surface area contributed by atoms with Gasteiger partial charge in [0, 0.05) is 27.2 Å².